The van der Waals surface area contributed by atoms with Gasteiger partial charge in [0.25, 0.3) is 0 Å². The molecule has 1 atom stereocenters. The second kappa shape index (κ2) is 6.78. The third-order valence-corrected chi connectivity index (χ3v) is 3.46. The largest absolute Gasteiger partial charge is 0.497 e. The maximum atomic E-state index is 13.1. The molecule has 0 aromatic heterocycles. The monoisotopic (exact) mass is 310 g/mol. The van der Waals surface area contributed by atoms with E-state index in [0.29, 0.717) is 23.5 Å². The van der Waals surface area contributed by atoms with Crippen LogP contribution in [0.1, 0.15) is 17.2 Å². The molecule has 1 unspecified atom stereocenters. The first-order chi connectivity index (χ1) is 10.0. The highest BCUT2D eigenvalue weighted by Gasteiger charge is 2.13. The van der Waals surface area contributed by atoms with Gasteiger partial charge in [-0.15, -0.1) is 0 Å². The number of halogens is 2. The first kappa shape index (κ1) is 15.6. The smallest absolute Gasteiger partial charge is 0.141 e. The fourth-order valence-electron chi connectivity index (χ4n) is 2.03. The average molecular weight is 311 g/mol. The SMILES string of the molecule is COc1cc(OC)cc(C(O)Cc2ccc(F)c(Cl)c2)c1. The third kappa shape index (κ3) is 3.86. The fourth-order valence-corrected chi connectivity index (χ4v) is 2.23. The molecule has 0 heterocycles. The van der Waals surface area contributed by atoms with Crippen LogP contribution in [0.4, 0.5) is 4.39 Å². The Morgan fingerprint density at radius 2 is 1.71 bits per heavy atom. The number of aliphatic hydroxyl groups excluding tert-OH is 1. The Hall–Kier alpha value is -1.78. The van der Waals surface area contributed by atoms with Gasteiger partial charge in [-0.2, -0.15) is 0 Å². The van der Waals surface area contributed by atoms with Gasteiger partial charge in [-0.05, 0) is 35.4 Å². The summed E-state index contributed by atoms with van der Waals surface area (Å²) < 4.78 is 23.5. The molecule has 3 nitrogen and oxygen atoms in total. The second-order valence-corrected chi connectivity index (χ2v) is 5.02. The molecule has 2 aromatic rings. The molecule has 112 valence electrons. The number of aliphatic hydroxyl groups is 1. The summed E-state index contributed by atoms with van der Waals surface area (Å²) in [5.41, 5.74) is 1.40. The van der Waals surface area contributed by atoms with Crippen molar-refractivity contribution in [2.24, 2.45) is 0 Å². The van der Waals surface area contributed by atoms with Crippen molar-refractivity contribution in [3.63, 3.8) is 0 Å². The topological polar surface area (TPSA) is 38.7 Å². The molecule has 2 aromatic carbocycles. The Morgan fingerprint density at radius 3 is 2.24 bits per heavy atom. The van der Waals surface area contributed by atoms with E-state index in [9.17, 15) is 9.50 Å². The van der Waals surface area contributed by atoms with Crippen molar-refractivity contribution in [3.8, 4) is 11.5 Å². The summed E-state index contributed by atoms with van der Waals surface area (Å²) in [6.45, 7) is 0. The van der Waals surface area contributed by atoms with E-state index >= 15 is 0 Å². The number of hydrogen-bond acceptors (Lipinski definition) is 3. The van der Waals surface area contributed by atoms with Gasteiger partial charge in [0.05, 0.1) is 25.3 Å². The minimum atomic E-state index is -0.768. The third-order valence-electron chi connectivity index (χ3n) is 3.17. The van der Waals surface area contributed by atoms with Crippen LogP contribution in [0.25, 0.3) is 0 Å². The molecule has 0 bridgehead atoms. The molecule has 0 spiro atoms. The minimum Gasteiger partial charge on any atom is -0.497 e. The molecule has 1 N–H and O–H groups in total. The second-order valence-electron chi connectivity index (χ2n) is 4.61. The van der Waals surface area contributed by atoms with E-state index in [4.69, 9.17) is 21.1 Å². The van der Waals surface area contributed by atoms with Gasteiger partial charge < -0.3 is 14.6 Å². The van der Waals surface area contributed by atoms with Crippen molar-refractivity contribution < 1.29 is 19.0 Å². The van der Waals surface area contributed by atoms with E-state index in [1.54, 1.807) is 38.5 Å². The summed E-state index contributed by atoms with van der Waals surface area (Å²) in [5, 5.41) is 10.4. The lowest BCUT2D eigenvalue weighted by Gasteiger charge is -2.14. The average Bonchev–Trinajstić information content (AvgIpc) is 2.50. The summed E-state index contributed by atoms with van der Waals surface area (Å²) in [5.74, 6) is 0.721. The molecule has 0 aliphatic rings. The van der Waals surface area contributed by atoms with Gasteiger partial charge in [0, 0.05) is 12.5 Å². The Bertz CT molecular complexity index is 609. The predicted molar refractivity (Wildman–Crippen MR) is 79.6 cm³/mol. The van der Waals surface area contributed by atoms with Crippen LogP contribution in [0, 0.1) is 5.82 Å². The summed E-state index contributed by atoms with van der Waals surface area (Å²) in [6, 6.07) is 9.59. The predicted octanol–water partition coefficient (Wildman–Crippen LogP) is 3.77. The maximum Gasteiger partial charge on any atom is 0.141 e. The molecule has 0 saturated heterocycles. The number of hydrogen-bond donors (Lipinski definition) is 1. The Kier molecular flexibility index (Phi) is 5.04. The molecule has 0 saturated carbocycles. The van der Waals surface area contributed by atoms with Gasteiger partial charge in [-0.3, -0.25) is 0 Å². The summed E-state index contributed by atoms with van der Waals surface area (Å²) in [7, 11) is 3.09. The molecular formula is C16H16ClFO3. The highest BCUT2D eigenvalue weighted by atomic mass is 35.5. The highest BCUT2D eigenvalue weighted by molar-refractivity contribution is 6.30. The van der Waals surface area contributed by atoms with Crippen molar-refractivity contribution in [2.45, 2.75) is 12.5 Å². The van der Waals surface area contributed by atoms with E-state index < -0.39 is 11.9 Å². The first-order valence-corrected chi connectivity index (χ1v) is 6.76. The van der Waals surface area contributed by atoms with Gasteiger partial charge in [-0.1, -0.05) is 17.7 Å². The zero-order chi connectivity index (χ0) is 15.4. The Labute approximate surface area is 127 Å². The van der Waals surface area contributed by atoms with Gasteiger partial charge >= 0.3 is 0 Å². The van der Waals surface area contributed by atoms with E-state index in [-0.39, 0.29) is 5.02 Å². The van der Waals surface area contributed by atoms with Crippen molar-refractivity contribution >= 4 is 11.6 Å². The number of rotatable bonds is 5. The minimum absolute atomic E-state index is 0.0444. The normalized spacial score (nSPS) is 12.0. The van der Waals surface area contributed by atoms with Gasteiger partial charge in [0.15, 0.2) is 0 Å². The van der Waals surface area contributed by atoms with Crippen LogP contribution < -0.4 is 9.47 Å². The van der Waals surface area contributed by atoms with Crippen LogP contribution in [0.2, 0.25) is 5.02 Å². The lowest BCUT2D eigenvalue weighted by atomic mass is 10.0. The summed E-state index contributed by atoms with van der Waals surface area (Å²) >= 11 is 5.74. The molecule has 0 fully saturated rings. The summed E-state index contributed by atoms with van der Waals surface area (Å²) in [6.07, 6.45) is -0.452. The molecule has 21 heavy (non-hydrogen) atoms. The van der Waals surface area contributed by atoms with E-state index in [2.05, 4.69) is 0 Å². The van der Waals surface area contributed by atoms with E-state index in [0.717, 1.165) is 5.56 Å². The molecule has 0 aliphatic heterocycles. The van der Waals surface area contributed by atoms with Crippen LogP contribution in [0.3, 0.4) is 0 Å². The van der Waals surface area contributed by atoms with Gasteiger partial charge in [-0.25, -0.2) is 4.39 Å². The first-order valence-electron chi connectivity index (χ1n) is 6.38. The molecule has 5 heteroatoms. The lowest BCUT2D eigenvalue weighted by molar-refractivity contribution is 0.177. The van der Waals surface area contributed by atoms with Crippen LogP contribution in [0.5, 0.6) is 11.5 Å². The Morgan fingerprint density at radius 1 is 1.10 bits per heavy atom. The standard InChI is InChI=1S/C16H16ClFO3/c1-20-12-7-11(8-13(9-12)21-2)16(19)6-10-3-4-15(18)14(17)5-10/h3-5,7-9,16,19H,6H2,1-2H3. The molecular weight excluding hydrogens is 295 g/mol. The van der Waals surface area contributed by atoms with Crippen LogP contribution in [-0.4, -0.2) is 19.3 Å². The van der Waals surface area contributed by atoms with Crippen molar-refractivity contribution in [3.05, 3.63) is 58.4 Å². The van der Waals surface area contributed by atoms with Gasteiger partial charge in [0.1, 0.15) is 17.3 Å². The van der Waals surface area contributed by atoms with Crippen LogP contribution >= 0.6 is 11.6 Å². The van der Waals surface area contributed by atoms with Crippen LogP contribution in [0.15, 0.2) is 36.4 Å². The maximum absolute atomic E-state index is 13.1. The molecule has 0 amide bonds. The van der Waals surface area contributed by atoms with Crippen molar-refractivity contribution in [2.75, 3.05) is 14.2 Å². The number of ether oxygens (including phenoxy) is 2. The lowest BCUT2D eigenvalue weighted by Crippen LogP contribution is -2.03. The van der Waals surface area contributed by atoms with E-state index in [1.807, 2.05) is 0 Å². The zero-order valence-electron chi connectivity index (χ0n) is 11.8. The van der Waals surface area contributed by atoms with Crippen LogP contribution in [-0.2, 0) is 6.42 Å². The number of benzene rings is 2. The Balaban J connectivity index is 2.22. The van der Waals surface area contributed by atoms with Crippen molar-refractivity contribution in [1.29, 1.82) is 0 Å². The highest BCUT2D eigenvalue weighted by Crippen LogP contribution is 2.28. The molecule has 0 radical (unpaired) electrons. The zero-order valence-corrected chi connectivity index (χ0v) is 12.5. The van der Waals surface area contributed by atoms with E-state index in [1.165, 1.54) is 12.1 Å². The van der Waals surface area contributed by atoms with Crippen molar-refractivity contribution in [1.82, 2.24) is 0 Å². The van der Waals surface area contributed by atoms with Gasteiger partial charge in [0.2, 0.25) is 0 Å². The molecule has 2 rings (SSSR count). The number of methoxy groups -OCH3 is 2. The molecule has 0 aliphatic carbocycles. The fraction of sp³-hybridized carbons (Fsp3) is 0.250. The quantitative estimate of drug-likeness (QED) is 0.913. The summed E-state index contributed by atoms with van der Waals surface area (Å²) in [4.78, 5) is 0.